The van der Waals surface area contributed by atoms with Crippen molar-refractivity contribution < 1.29 is 54.6 Å². The number of aryl methyl sites for hydroxylation is 2. The lowest BCUT2D eigenvalue weighted by Crippen LogP contribution is -2.62. The number of carbonyl (C=O) groups is 4. The summed E-state index contributed by atoms with van der Waals surface area (Å²) in [5.41, 5.74) is -3.97. The third-order valence-corrected chi connectivity index (χ3v) is 13.2. The van der Waals surface area contributed by atoms with Crippen LogP contribution in [-0.2, 0) is 35.6 Å². The van der Waals surface area contributed by atoms with Gasteiger partial charge in [-0.1, -0.05) is 25.0 Å². The number of hydrogen-bond acceptors (Lipinski definition) is 9. The van der Waals surface area contributed by atoms with Crippen LogP contribution in [0.3, 0.4) is 0 Å². The SMILES string of the molecule is Cc1nc2cc(F)ccc2c2c1O[C@]1(CC2)C[C@H]2C(=O)N[C@]3(C(=O)N4CCS4(=O)=O)C[C@H]3/C=C\CCCCC[C@H](NC(=O)OC(C)(C)C(F)(F)F)C(=O)N2C1. The van der Waals surface area contributed by atoms with E-state index in [0.29, 0.717) is 74.7 Å². The lowest BCUT2D eigenvalue weighted by molar-refractivity contribution is -0.244. The second-order valence-electron chi connectivity index (χ2n) is 15.8. The summed E-state index contributed by atoms with van der Waals surface area (Å²) in [5, 5.41) is 5.83. The fourth-order valence-corrected chi connectivity index (χ4v) is 9.19. The van der Waals surface area contributed by atoms with Gasteiger partial charge in [0, 0.05) is 29.4 Å². The van der Waals surface area contributed by atoms with Gasteiger partial charge in [0.15, 0.2) is 0 Å². The van der Waals surface area contributed by atoms with Crippen LogP contribution < -0.4 is 15.4 Å². The van der Waals surface area contributed by atoms with Crippen molar-refractivity contribution in [3.8, 4) is 5.75 Å². The Morgan fingerprint density at radius 1 is 1.13 bits per heavy atom. The number of carbonyl (C=O) groups excluding carboxylic acids is 4. The fourth-order valence-electron chi connectivity index (χ4n) is 8.11. The fraction of sp³-hybridized carbons (Fsp3) is 0.595. The Morgan fingerprint density at radius 2 is 1.89 bits per heavy atom. The molecule has 5 aliphatic rings. The molecule has 5 atom stereocenters. The molecule has 0 radical (unpaired) electrons. The maximum absolute atomic E-state index is 14.6. The second-order valence-corrected chi connectivity index (χ2v) is 17.8. The molecule has 2 N–H and O–H groups in total. The molecule has 7 rings (SSSR count). The van der Waals surface area contributed by atoms with Crippen molar-refractivity contribution in [2.45, 2.75) is 114 Å². The molecule has 1 saturated carbocycles. The van der Waals surface area contributed by atoms with Gasteiger partial charge in [-0.25, -0.2) is 26.9 Å². The number of nitrogens with one attached hydrogen (secondary N) is 2. The Bertz CT molecular complexity index is 2090. The van der Waals surface area contributed by atoms with Gasteiger partial charge in [-0.05, 0) is 71.4 Å². The molecule has 18 heteroatoms. The summed E-state index contributed by atoms with van der Waals surface area (Å²) < 4.78 is 92.2. The predicted molar refractivity (Wildman–Crippen MR) is 188 cm³/mol. The smallest absolute Gasteiger partial charge is 0.427 e. The van der Waals surface area contributed by atoms with Crippen molar-refractivity contribution in [1.29, 1.82) is 0 Å². The summed E-state index contributed by atoms with van der Waals surface area (Å²) in [4.78, 5) is 61.7. The minimum Gasteiger partial charge on any atom is -0.483 e. The molecule has 2 saturated heterocycles. The average molecular weight is 794 g/mol. The van der Waals surface area contributed by atoms with Crippen LogP contribution >= 0.6 is 0 Å². The number of allylic oxidation sites excluding steroid dienone is 1. The topological polar surface area (TPSA) is 164 Å². The van der Waals surface area contributed by atoms with Gasteiger partial charge in [0.2, 0.25) is 27.4 Å². The van der Waals surface area contributed by atoms with Crippen LogP contribution in [0.5, 0.6) is 5.75 Å². The van der Waals surface area contributed by atoms with Crippen LogP contribution in [0.4, 0.5) is 22.4 Å². The molecule has 298 valence electrons. The number of benzene rings is 1. The minimum atomic E-state index is -4.90. The zero-order valence-corrected chi connectivity index (χ0v) is 31.4. The highest BCUT2D eigenvalue weighted by Gasteiger charge is 2.65. The van der Waals surface area contributed by atoms with Crippen molar-refractivity contribution >= 4 is 44.7 Å². The van der Waals surface area contributed by atoms with E-state index in [1.54, 1.807) is 19.1 Å². The van der Waals surface area contributed by atoms with Gasteiger partial charge >= 0.3 is 12.3 Å². The summed E-state index contributed by atoms with van der Waals surface area (Å²) in [5.74, 6) is -3.03. The molecular formula is C37H43F4N5O8S. The van der Waals surface area contributed by atoms with E-state index >= 15 is 0 Å². The minimum absolute atomic E-state index is 0.0229. The number of hydrogen-bond donors (Lipinski definition) is 2. The zero-order valence-electron chi connectivity index (χ0n) is 30.6. The van der Waals surface area contributed by atoms with Crippen molar-refractivity contribution in [3.05, 3.63) is 47.4 Å². The number of pyridine rings is 1. The first-order chi connectivity index (χ1) is 25.8. The first-order valence-corrected chi connectivity index (χ1v) is 20.0. The molecule has 1 aromatic carbocycles. The number of ether oxygens (including phenoxy) is 2. The number of alkyl halides is 3. The number of alkyl carbamates (subject to hydrolysis) is 1. The molecule has 4 aliphatic heterocycles. The van der Waals surface area contributed by atoms with E-state index in [2.05, 4.69) is 15.6 Å². The van der Waals surface area contributed by atoms with Crippen LogP contribution in [0.15, 0.2) is 30.4 Å². The molecule has 13 nitrogen and oxygen atoms in total. The Labute approximate surface area is 315 Å². The van der Waals surface area contributed by atoms with Crippen molar-refractivity contribution in [1.82, 2.24) is 24.8 Å². The summed E-state index contributed by atoms with van der Waals surface area (Å²) in [7, 11) is -3.83. The molecule has 1 aliphatic carbocycles. The highest BCUT2D eigenvalue weighted by Crippen LogP contribution is 2.49. The summed E-state index contributed by atoms with van der Waals surface area (Å²) in [6, 6.07) is 1.56. The van der Waals surface area contributed by atoms with Gasteiger partial charge in [0.25, 0.3) is 5.91 Å². The number of rotatable bonds is 3. The average Bonchev–Trinajstić information content (AvgIpc) is 3.67. The van der Waals surface area contributed by atoms with Crippen molar-refractivity contribution in [2.75, 3.05) is 18.8 Å². The van der Waals surface area contributed by atoms with Crippen molar-refractivity contribution in [3.63, 3.8) is 0 Å². The first-order valence-electron chi connectivity index (χ1n) is 18.4. The summed E-state index contributed by atoms with van der Waals surface area (Å²) in [6.07, 6.45) is 0.239. The Balaban J connectivity index is 1.24. The van der Waals surface area contributed by atoms with Gasteiger partial charge in [-0.2, -0.15) is 13.2 Å². The standard InChI is InChI=1S/C37H43F4N5O8S/c1-21-29-25(24-12-11-23(38)17-27(24)42-21)13-14-35(53-29)19-28-30(47)44-36(32(49)46-15-16-55(46,51)52)18-22(36)9-7-5-4-6-8-10-26(31(48)45(28)20-35)43-33(50)54-34(2,3)37(39,40)41/h7,9,11-12,17,22,26,28H,4-6,8,10,13-16,18-20H2,1-3H3,(H,43,50)(H,44,47)/b9-7-/t22-,26+,28+,35-,36-/m1/s1. The van der Waals surface area contributed by atoms with E-state index in [9.17, 15) is 45.2 Å². The molecule has 4 amide bonds. The molecule has 1 aromatic heterocycles. The monoisotopic (exact) mass is 793 g/mol. The van der Waals surface area contributed by atoms with E-state index in [-0.39, 0.29) is 38.1 Å². The third kappa shape index (κ3) is 7.10. The maximum atomic E-state index is 14.6. The Morgan fingerprint density at radius 3 is 2.58 bits per heavy atom. The number of fused-ring (bicyclic) bond motifs is 5. The molecule has 5 heterocycles. The lowest BCUT2D eigenvalue weighted by atomic mass is 9.87. The normalized spacial score (nSPS) is 30.1. The highest BCUT2D eigenvalue weighted by atomic mass is 32.2. The Hall–Kier alpha value is -4.48. The molecule has 55 heavy (non-hydrogen) atoms. The van der Waals surface area contributed by atoms with Crippen LogP contribution in [0.2, 0.25) is 0 Å². The lowest BCUT2D eigenvalue weighted by Gasteiger charge is -2.36. The predicted octanol–water partition coefficient (Wildman–Crippen LogP) is 4.35. The number of nitrogens with zero attached hydrogens (tertiary/aromatic N) is 3. The molecular weight excluding hydrogens is 750 g/mol. The van der Waals surface area contributed by atoms with Gasteiger partial charge < -0.3 is 25.0 Å². The van der Waals surface area contributed by atoms with Gasteiger partial charge in [0.1, 0.15) is 34.8 Å². The van der Waals surface area contributed by atoms with Crippen LogP contribution in [0, 0.1) is 18.7 Å². The Kier molecular flexibility index (Phi) is 9.60. The van der Waals surface area contributed by atoms with E-state index in [0.717, 1.165) is 9.87 Å². The number of sulfonamides is 1. The molecule has 3 fully saturated rings. The largest absolute Gasteiger partial charge is 0.483 e. The maximum Gasteiger partial charge on any atom is 0.427 e. The second kappa shape index (κ2) is 13.6. The number of halogens is 4. The molecule has 0 bridgehead atoms. The molecule has 0 unspecified atom stereocenters. The number of amides is 4. The summed E-state index contributed by atoms with van der Waals surface area (Å²) >= 11 is 0. The van der Waals surface area contributed by atoms with Crippen molar-refractivity contribution in [2.24, 2.45) is 5.92 Å². The quantitative estimate of drug-likeness (QED) is 0.340. The van der Waals surface area contributed by atoms with Crippen LogP contribution in [-0.4, -0.2) is 100 Å². The van der Waals surface area contributed by atoms with E-state index in [1.165, 1.54) is 17.0 Å². The zero-order chi connectivity index (χ0) is 39.7. The highest BCUT2D eigenvalue weighted by molar-refractivity contribution is 7.90. The molecule has 2 aromatic rings. The first kappa shape index (κ1) is 38.8. The van der Waals surface area contributed by atoms with E-state index in [4.69, 9.17) is 9.47 Å². The van der Waals surface area contributed by atoms with Gasteiger partial charge in [-0.15, -0.1) is 0 Å². The molecule has 1 spiro atoms. The van der Waals surface area contributed by atoms with E-state index in [1.807, 2.05) is 6.08 Å². The third-order valence-electron chi connectivity index (χ3n) is 11.5. The van der Waals surface area contributed by atoms with E-state index < -0.39 is 80.6 Å². The van der Waals surface area contributed by atoms with Gasteiger partial charge in [-0.3, -0.25) is 14.4 Å². The van der Waals surface area contributed by atoms with Gasteiger partial charge in [0.05, 0.1) is 30.1 Å². The van der Waals surface area contributed by atoms with Crippen LogP contribution in [0.25, 0.3) is 10.9 Å². The van der Waals surface area contributed by atoms with Crippen LogP contribution in [0.1, 0.15) is 76.5 Å². The number of aromatic nitrogens is 1. The summed E-state index contributed by atoms with van der Waals surface area (Å²) in [6.45, 7) is 2.87.